The van der Waals surface area contributed by atoms with Crippen molar-refractivity contribution in [1.29, 1.82) is 0 Å². The normalized spacial score (nSPS) is 50.7. The van der Waals surface area contributed by atoms with Crippen LogP contribution in [0.4, 0.5) is 0 Å². The monoisotopic (exact) mass is 364 g/mol. The second-order valence-corrected chi connectivity index (χ2v) is 9.22. The Morgan fingerprint density at radius 2 is 2.00 bits per heavy atom. The molecule has 3 N–H and O–H groups in total. The van der Waals surface area contributed by atoms with Gasteiger partial charge in [-0.15, -0.1) is 0 Å². The quantitative estimate of drug-likeness (QED) is 0.381. The summed E-state index contributed by atoms with van der Waals surface area (Å²) in [7, 11) is 0. The molecule has 3 aliphatic carbocycles. The maximum atomic E-state index is 13.1. The van der Waals surface area contributed by atoms with E-state index in [1.54, 1.807) is 0 Å². The molecule has 3 saturated carbocycles. The van der Waals surface area contributed by atoms with Gasteiger partial charge in [0.2, 0.25) is 0 Å². The third-order valence-corrected chi connectivity index (χ3v) is 8.12. The lowest BCUT2D eigenvalue weighted by Gasteiger charge is -2.62. The Morgan fingerprint density at radius 3 is 2.65 bits per heavy atom. The van der Waals surface area contributed by atoms with Crippen LogP contribution in [0.1, 0.15) is 39.0 Å². The van der Waals surface area contributed by atoms with Gasteiger partial charge in [-0.2, -0.15) is 0 Å². The number of cyclic esters (lactones) is 1. The van der Waals surface area contributed by atoms with Crippen LogP contribution < -0.4 is 0 Å². The zero-order chi connectivity index (χ0) is 18.9. The third-order valence-electron chi connectivity index (χ3n) is 8.12. The minimum atomic E-state index is -1.38. The molecular formula is C20H28O6. The number of allylic oxidation sites excluding steroid dienone is 1. The topological polar surface area (TPSA) is 104 Å². The number of rotatable bonds is 2. The van der Waals surface area contributed by atoms with Crippen LogP contribution in [0.3, 0.4) is 0 Å². The molecule has 1 heterocycles. The summed E-state index contributed by atoms with van der Waals surface area (Å²) in [5, 5.41) is 31.4. The van der Waals surface area contributed by atoms with Crippen LogP contribution >= 0.6 is 0 Å². The molecule has 7 atom stereocenters. The minimum Gasteiger partial charge on any atom is -0.464 e. The molecule has 4 aliphatic rings. The molecule has 1 saturated heterocycles. The van der Waals surface area contributed by atoms with Crippen LogP contribution in [-0.2, 0) is 14.3 Å². The Morgan fingerprint density at radius 1 is 1.27 bits per heavy atom. The fourth-order valence-electron chi connectivity index (χ4n) is 6.92. The maximum Gasteiger partial charge on any atom is 0.320 e. The summed E-state index contributed by atoms with van der Waals surface area (Å²) in [4.78, 5) is 26.0. The second-order valence-electron chi connectivity index (χ2n) is 9.22. The Balaban J connectivity index is 1.89. The Kier molecular flexibility index (Phi) is 3.93. The van der Waals surface area contributed by atoms with Gasteiger partial charge in [0.05, 0.1) is 12.7 Å². The lowest BCUT2D eigenvalue weighted by Crippen LogP contribution is -2.67. The standard InChI is InChI=1S/C20H28O6/c1-11-12-6-13(23)15-19(5-3-4-18(2,9-22)14(19)8-21)10-26-17(25)20(15,7-12)16(11)24/h12-15,21-23H,1,3-10H2,2H3/t12-,13-,14-,15+,18-,19+,20+/m1/s1. The van der Waals surface area contributed by atoms with Crippen LogP contribution in [0.5, 0.6) is 0 Å². The first-order valence-corrected chi connectivity index (χ1v) is 9.57. The molecule has 6 nitrogen and oxygen atoms in total. The molecule has 0 unspecified atom stereocenters. The lowest BCUT2D eigenvalue weighted by atomic mass is 9.44. The van der Waals surface area contributed by atoms with Crippen molar-refractivity contribution in [3.8, 4) is 0 Å². The molecule has 0 aromatic carbocycles. The minimum absolute atomic E-state index is 0.0839. The van der Waals surface area contributed by atoms with Crippen molar-refractivity contribution < 1.29 is 29.6 Å². The van der Waals surface area contributed by atoms with Gasteiger partial charge in [-0.05, 0) is 48.5 Å². The van der Waals surface area contributed by atoms with Gasteiger partial charge in [-0.25, -0.2) is 0 Å². The molecule has 0 aromatic heterocycles. The van der Waals surface area contributed by atoms with Crippen LogP contribution in [0.2, 0.25) is 0 Å². The number of ether oxygens (including phenoxy) is 1. The van der Waals surface area contributed by atoms with Gasteiger partial charge in [0.15, 0.2) is 5.78 Å². The average molecular weight is 364 g/mol. The molecule has 2 bridgehead atoms. The number of esters is 1. The molecule has 0 radical (unpaired) electrons. The highest BCUT2D eigenvalue weighted by Gasteiger charge is 2.74. The van der Waals surface area contributed by atoms with Crippen molar-refractivity contribution in [1.82, 2.24) is 0 Å². The predicted molar refractivity (Wildman–Crippen MR) is 91.8 cm³/mol. The summed E-state index contributed by atoms with van der Waals surface area (Å²) in [6.07, 6.45) is 2.16. The first kappa shape index (κ1) is 18.1. The predicted octanol–water partition coefficient (Wildman–Crippen LogP) is 0.833. The molecule has 4 rings (SSSR count). The van der Waals surface area contributed by atoms with Crippen molar-refractivity contribution >= 4 is 11.8 Å². The van der Waals surface area contributed by atoms with Gasteiger partial charge in [0, 0.05) is 24.5 Å². The van der Waals surface area contributed by atoms with Crippen LogP contribution in [0.15, 0.2) is 12.2 Å². The summed E-state index contributed by atoms with van der Waals surface area (Å²) in [6.45, 7) is 5.65. The third kappa shape index (κ3) is 1.93. The fraction of sp³-hybridized carbons (Fsp3) is 0.800. The molecule has 26 heavy (non-hydrogen) atoms. The lowest BCUT2D eigenvalue weighted by molar-refractivity contribution is -0.236. The number of hydrogen-bond acceptors (Lipinski definition) is 6. The van der Waals surface area contributed by atoms with E-state index in [1.807, 2.05) is 6.92 Å². The second kappa shape index (κ2) is 5.63. The van der Waals surface area contributed by atoms with Gasteiger partial charge < -0.3 is 20.1 Å². The average Bonchev–Trinajstić information content (AvgIpc) is 2.81. The van der Waals surface area contributed by atoms with Gasteiger partial charge in [-0.3, -0.25) is 9.59 Å². The number of aliphatic hydroxyl groups is 3. The van der Waals surface area contributed by atoms with E-state index in [1.165, 1.54) is 0 Å². The summed E-state index contributed by atoms with van der Waals surface area (Å²) < 4.78 is 5.59. The van der Waals surface area contributed by atoms with Crippen molar-refractivity contribution in [3.63, 3.8) is 0 Å². The largest absolute Gasteiger partial charge is 0.464 e. The van der Waals surface area contributed by atoms with E-state index in [0.717, 1.165) is 12.8 Å². The highest BCUT2D eigenvalue weighted by Crippen LogP contribution is 2.67. The molecule has 2 spiro atoms. The summed E-state index contributed by atoms with van der Waals surface area (Å²) in [6, 6.07) is 0. The summed E-state index contributed by atoms with van der Waals surface area (Å²) in [5.41, 5.74) is -2.20. The Labute approximate surface area is 153 Å². The van der Waals surface area contributed by atoms with Crippen LogP contribution in [0.25, 0.3) is 0 Å². The number of hydrogen-bond donors (Lipinski definition) is 3. The summed E-state index contributed by atoms with van der Waals surface area (Å²) >= 11 is 0. The summed E-state index contributed by atoms with van der Waals surface area (Å²) in [5.74, 6) is -1.97. The van der Waals surface area contributed by atoms with Crippen molar-refractivity contribution in [2.75, 3.05) is 19.8 Å². The highest BCUT2D eigenvalue weighted by atomic mass is 16.5. The molecule has 1 aliphatic heterocycles. The number of aliphatic hydroxyl groups excluding tert-OH is 3. The molecular weight excluding hydrogens is 336 g/mol. The number of Topliss-reactive ketones (excluding diaryl/α,β-unsaturated/α-hetero) is 1. The van der Waals surface area contributed by atoms with E-state index in [0.29, 0.717) is 24.8 Å². The van der Waals surface area contributed by atoms with E-state index in [4.69, 9.17) is 4.74 Å². The number of carbonyl (C=O) groups excluding carboxylic acids is 2. The smallest absolute Gasteiger partial charge is 0.320 e. The fourth-order valence-corrected chi connectivity index (χ4v) is 6.92. The Hall–Kier alpha value is -1.24. The van der Waals surface area contributed by atoms with Gasteiger partial charge in [0.25, 0.3) is 0 Å². The molecule has 6 heteroatoms. The van der Waals surface area contributed by atoms with E-state index in [-0.39, 0.29) is 37.4 Å². The van der Waals surface area contributed by atoms with E-state index in [9.17, 15) is 24.9 Å². The van der Waals surface area contributed by atoms with Crippen LogP contribution in [-0.4, -0.2) is 53.0 Å². The molecule has 4 fully saturated rings. The number of carbonyl (C=O) groups is 2. The SMILES string of the molecule is C=C1C(=O)[C@]23C[C@H]1C[C@@H](O)[C@H]2[C@@]1(CCC[C@](C)(CO)[C@H]1CO)COC3=O. The van der Waals surface area contributed by atoms with Gasteiger partial charge in [-0.1, -0.05) is 19.9 Å². The first-order valence-electron chi connectivity index (χ1n) is 9.57. The molecule has 0 amide bonds. The van der Waals surface area contributed by atoms with Crippen molar-refractivity contribution in [2.45, 2.75) is 45.1 Å². The van der Waals surface area contributed by atoms with E-state index >= 15 is 0 Å². The number of ketones is 1. The molecule has 0 aromatic rings. The van der Waals surface area contributed by atoms with E-state index < -0.39 is 34.2 Å². The van der Waals surface area contributed by atoms with Crippen molar-refractivity contribution in [2.24, 2.45) is 34.0 Å². The van der Waals surface area contributed by atoms with Crippen LogP contribution in [0, 0.1) is 34.0 Å². The van der Waals surface area contributed by atoms with Gasteiger partial charge >= 0.3 is 5.97 Å². The molecule has 144 valence electrons. The van der Waals surface area contributed by atoms with E-state index in [2.05, 4.69) is 6.58 Å². The van der Waals surface area contributed by atoms with Gasteiger partial charge in [0.1, 0.15) is 5.41 Å². The first-order chi connectivity index (χ1) is 12.3. The highest BCUT2D eigenvalue weighted by molar-refractivity contribution is 6.15. The number of fused-ring (bicyclic) bond motifs is 2. The zero-order valence-corrected chi connectivity index (χ0v) is 15.2. The zero-order valence-electron chi connectivity index (χ0n) is 15.2. The Bertz CT molecular complexity index is 673. The maximum absolute atomic E-state index is 13.1. The van der Waals surface area contributed by atoms with Crippen molar-refractivity contribution in [3.05, 3.63) is 12.2 Å².